The molecule has 1 aliphatic rings. The van der Waals surface area contributed by atoms with Crippen molar-refractivity contribution in [3.8, 4) is 11.3 Å². The van der Waals surface area contributed by atoms with Gasteiger partial charge in [0.1, 0.15) is 6.04 Å². The zero-order valence-corrected chi connectivity index (χ0v) is 19.3. The van der Waals surface area contributed by atoms with Gasteiger partial charge in [-0.05, 0) is 23.8 Å². The van der Waals surface area contributed by atoms with Gasteiger partial charge in [-0.25, -0.2) is 4.98 Å². The van der Waals surface area contributed by atoms with Crippen LogP contribution >= 0.6 is 22.9 Å². The van der Waals surface area contributed by atoms with Crippen LogP contribution in [0.25, 0.3) is 11.3 Å². The summed E-state index contributed by atoms with van der Waals surface area (Å²) in [6.45, 7) is 0. The van der Waals surface area contributed by atoms with Gasteiger partial charge >= 0.3 is 0 Å². The Morgan fingerprint density at radius 3 is 2.12 bits per heavy atom. The molecule has 0 aliphatic carbocycles. The van der Waals surface area contributed by atoms with Crippen LogP contribution in [0.5, 0.6) is 0 Å². The van der Waals surface area contributed by atoms with Crippen LogP contribution in [0.4, 0.5) is 5.13 Å². The molecule has 0 radical (unpaired) electrons. The standard InChI is InChI=1S/C26H18ClN3O3S/c27-20-13-7-6-12-19(20)21-15-34-26(28-21)29-23(31)22(14-16-8-2-1-3-9-16)30-24(32)17-10-4-5-11-18(17)25(30)33/h1-13,15,22H,14H2,(H,28,29,31). The van der Waals surface area contributed by atoms with Crippen LogP contribution in [-0.4, -0.2) is 33.6 Å². The Bertz CT molecular complexity index is 1370. The molecule has 1 unspecified atom stereocenters. The number of carbonyl (C=O) groups excluding carboxylic acids is 3. The summed E-state index contributed by atoms with van der Waals surface area (Å²) in [5, 5.41) is 5.50. The number of imide groups is 1. The SMILES string of the molecule is O=C(Nc1nc(-c2ccccc2Cl)cs1)C(Cc1ccccc1)N1C(=O)c2ccccc2C1=O. The molecule has 168 valence electrons. The highest BCUT2D eigenvalue weighted by Crippen LogP contribution is 2.31. The Morgan fingerprint density at radius 1 is 0.882 bits per heavy atom. The summed E-state index contributed by atoms with van der Waals surface area (Å²) in [5.41, 5.74) is 2.81. The van der Waals surface area contributed by atoms with Gasteiger partial charge in [-0.15, -0.1) is 11.3 Å². The monoisotopic (exact) mass is 487 g/mol. The van der Waals surface area contributed by atoms with Gasteiger partial charge in [0.05, 0.1) is 16.8 Å². The molecule has 1 N–H and O–H groups in total. The van der Waals surface area contributed by atoms with Crippen LogP contribution in [0.2, 0.25) is 5.02 Å². The van der Waals surface area contributed by atoms with Gasteiger partial charge in [0, 0.05) is 22.4 Å². The van der Waals surface area contributed by atoms with Crippen molar-refractivity contribution in [3.05, 3.63) is 106 Å². The van der Waals surface area contributed by atoms with Crippen LogP contribution in [0.1, 0.15) is 26.3 Å². The van der Waals surface area contributed by atoms with E-state index in [9.17, 15) is 14.4 Å². The number of halogens is 1. The minimum absolute atomic E-state index is 0.181. The topological polar surface area (TPSA) is 79.4 Å². The molecule has 5 rings (SSSR count). The van der Waals surface area contributed by atoms with Gasteiger partial charge in [-0.3, -0.25) is 19.3 Å². The van der Waals surface area contributed by atoms with Gasteiger partial charge in [0.15, 0.2) is 5.13 Å². The Kier molecular flexibility index (Phi) is 5.96. The second-order valence-electron chi connectivity index (χ2n) is 7.74. The van der Waals surface area contributed by atoms with Gasteiger partial charge in [-0.1, -0.05) is 72.3 Å². The number of benzene rings is 3. The molecule has 6 nitrogen and oxygen atoms in total. The van der Waals surface area contributed by atoms with E-state index in [1.807, 2.05) is 48.5 Å². The molecule has 0 saturated heterocycles. The van der Waals surface area contributed by atoms with Crippen LogP contribution in [0, 0.1) is 0 Å². The maximum atomic E-state index is 13.4. The second-order valence-corrected chi connectivity index (χ2v) is 9.00. The van der Waals surface area contributed by atoms with Crippen LogP contribution in [0.3, 0.4) is 0 Å². The number of carbonyl (C=O) groups is 3. The van der Waals surface area contributed by atoms with Crippen LogP contribution < -0.4 is 5.32 Å². The largest absolute Gasteiger partial charge is 0.300 e. The molecule has 1 atom stereocenters. The van der Waals surface area contributed by atoms with E-state index in [0.29, 0.717) is 27.0 Å². The number of hydrogen-bond acceptors (Lipinski definition) is 5. The molecule has 2 heterocycles. The van der Waals surface area contributed by atoms with E-state index in [1.54, 1.807) is 35.7 Å². The first kappa shape index (κ1) is 22.0. The molecule has 0 spiro atoms. The molecular weight excluding hydrogens is 470 g/mol. The predicted molar refractivity (Wildman–Crippen MR) is 132 cm³/mol. The van der Waals surface area contributed by atoms with E-state index in [-0.39, 0.29) is 6.42 Å². The number of aromatic nitrogens is 1. The molecule has 4 aromatic rings. The zero-order valence-electron chi connectivity index (χ0n) is 17.8. The van der Waals surface area contributed by atoms with Crippen molar-refractivity contribution in [1.82, 2.24) is 9.88 Å². The second kappa shape index (κ2) is 9.21. The maximum absolute atomic E-state index is 13.4. The molecule has 3 aromatic carbocycles. The van der Waals surface area contributed by atoms with Crippen molar-refractivity contribution in [2.45, 2.75) is 12.5 Å². The highest BCUT2D eigenvalue weighted by molar-refractivity contribution is 7.14. The third kappa shape index (κ3) is 4.11. The van der Waals surface area contributed by atoms with E-state index >= 15 is 0 Å². The third-order valence-corrected chi connectivity index (χ3v) is 6.68. The van der Waals surface area contributed by atoms with Gasteiger partial charge in [0.2, 0.25) is 5.91 Å². The number of nitrogens with one attached hydrogen (secondary N) is 1. The van der Waals surface area contributed by atoms with Gasteiger partial charge < -0.3 is 5.32 Å². The first-order valence-electron chi connectivity index (χ1n) is 10.5. The fourth-order valence-corrected chi connectivity index (χ4v) is 4.89. The first-order valence-corrected chi connectivity index (χ1v) is 11.8. The number of thiazole rings is 1. The molecule has 0 fully saturated rings. The van der Waals surface area contributed by atoms with Crippen molar-refractivity contribution < 1.29 is 14.4 Å². The van der Waals surface area contributed by atoms with Crippen molar-refractivity contribution in [1.29, 1.82) is 0 Å². The lowest BCUT2D eigenvalue weighted by atomic mass is 10.0. The fraction of sp³-hybridized carbons (Fsp3) is 0.0769. The number of hydrogen-bond donors (Lipinski definition) is 1. The van der Waals surface area contributed by atoms with E-state index < -0.39 is 23.8 Å². The Labute approximate surface area is 204 Å². The molecule has 34 heavy (non-hydrogen) atoms. The molecule has 1 aliphatic heterocycles. The summed E-state index contributed by atoms with van der Waals surface area (Å²) in [6.07, 6.45) is 0.181. The summed E-state index contributed by atoms with van der Waals surface area (Å²) in [4.78, 5) is 45.2. The van der Waals surface area contributed by atoms with Crippen molar-refractivity contribution in [2.24, 2.45) is 0 Å². The fourth-order valence-electron chi connectivity index (χ4n) is 3.94. The maximum Gasteiger partial charge on any atom is 0.262 e. The van der Waals surface area contributed by atoms with E-state index in [4.69, 9.17) is 11.6 Å². The normalized spacial score (nSPS) is 13.6. The van der Waals surface area contributed by atoms with Crippen molar-refractivity contribution in [3.63, 3.8) is 0 Å². The first-order chi connectivity index (χ1) is 16.5. The lowest BCUT2D eigenvalue weighted by Gasteiger charge is -2.25. The summed E-state index contributed by atoms with van der Waals surface area (Å²) in [5.74, 6) is -1.45. The molecule has 1 aromatic heterocycles. The smallest absolute Gasteiger partial charge is 0.262 e. The number of nitrogens with zero attached hydrogens (tertiary/aromatic N) is 2. The lowest BCUT2D eigenvalue weighted by Crippen LogP contribution is -2.48. The number of fused-ring (bicyclic) bond motifs is 1. The minimum Gasteiger partial charge on any atom is -0.300 e. The average molecular weight is 488 g/mol. The lowest BCUT2D eigenvalue weighted by molar-refractivity contribution is -0.119. The minimum atomic E-state index is -1.04. The van der Waals surface area contributed by atoms with Gasteiger partial charge in [0.25, 0.3) is 11.8 Å². The van der Waals surface area contributed by atoms with Gasteiger partial charge in [-0.2, -0.15) is 0 Å². The molecule has 0 saturated carbocycles. The summed E-state index contributed by atoms with van der Waals surface area (Å²) < 4.78 is 0. The highest BCUT2D eigenvalue weighted by Gasteiger charge is 2.42. The Hall–Kier alpha value is -3.81. The molecular formula is C26H18ClN3O3S. The van der Waals surface area contributed by atoms with E-state index in [1.165, 1.54) is 11.3 Å². The predicted octanol–water partition coefficient (Wildman–Crippen LogP) is 5.31. The van der Waals surface area contributed by atoms with Crippen molar-refractivity contribution >= 4 is 45.8 Å². The highest BCUT2D eigenvalue weighted by atomic mass is 35.5. The Balaban J connectivity index is 1.44. The summed E-state index contributed by atoms with van der Waals surface area (Å²) in [6, 6.07) is 22.2. The van der Waals surface area contributed by atoms with Crippen molar-refractivity contribution in [2.75, 3.05) is 5.32 Å². The third-order valence-electron chi connectivity index (χ3n) is 5.60. The Morgan fingerprint density at radius 2 is 1.47 bits per heavy atom. The number of anilines is 1. The van der Waals surface area contributed by atoms with Crippen LogP contribution in [0.15, 0.2) is 84.2 Å². The molecule has 3 amide bonds. The molecule has 8 heteroatoms. The quantitative estimate of drug-likeness (QED) is 0.374. The summed E-state index contributed by atoms with van der Waals surface area (Å²) in [7, 11) is 0. The zero-order chi connectivity index (χ0) is 23.7. The number of amides is 3. The molecule has 0 bridgehead atoms. The van der Waals surface area contributed by atoms with E-state index in [0.717, 1.165) is 16.0 Å². The summed E-state index contributed by atoms with van der Waals surface area (Å²) >= 11 is 7.52. The average Bonchev–Trinajstić information content (AvgIpc) is 3.41. The number of rotatable bonds is 6. The van der Waals surface area contributed by atoms with Crippen LogP contribution in [-0.2, 0) is 11.2 Å². The van der Waals surface area contributed by atoms with E-state index in [2.05, 4.69) is 10.3 Å².